The summed E-state index contributed by atoms with van der Waals surface area (Å²) in [4.78, 5) is 3.90. The first-order chi connectivity index (χ1) is 8.69. The fourth-order valence-electron chi connectivity index (χ4n) is 1.56. The number of methoxy groups -OCH3 is 1. The molecule has 0 radical (unpaired) electrons. The van der Waals surface area contributed by atoms with Crippen molar-refractivity contribution in [1.29, 1.82) is 0 Å². The first-order valence-electron chi connectivity index (χ1n) is 5.40. The summed E-state index contributed by atoms with van der Waals surface area (Å²) in [5.41, 5.74) is 1.83. The third-order valence-electron chi connectivity index (χ3n) is 2.47. The summed E-state index contributed by atoms with van der Waals surface area (Å²) >= 11 is 5.78. The number of anilines is 1. The van der Waals surface area contributed by atoms with Crippen LogP contribution in [0.3, 0.4) is 0 Å². The maximum Gasteiger partial charge on any atom is 0.160 e. The zero-order valence-corrected chi connectivity index (χ0v) is 10.6. The van der Waals surface area contributed by atoms with Gasteiger partial charge in [0.2, 0.25) is 0 Å². The van der Waals surface area contributed by atoms with E-state index in [4.69, 9.17) is 16.3 Å². The lowest BCUT2D eigenvalue weighted by Crippen LogP contribution is -1.99. The molecule has 0 aliphatic carbocycles. The van der Waals surface area contributed by atoms with Gasteiger partial charge in [-0.1, -0.05) is 17.7 Å². The smallest absolute Gasteiger partial charge is 0.160 e. The SMILES string of the molecule is COc1ccc(CNc2ccnc(Cl)c2)cc1O. The Kier molecular flexibility index (Phi) is 3.89. The number of aromatic hydroxyl groups is 1. The van der Waals surface area contributed by atoms with Crippen molar-refractivity contribution >= 4 is 17.3 Å². The average molecular weight is 265 g/mol. The highest BCUT2D eigenvalue weighted by atomic mass is 35.5. The van der Waals surface area contributed by atoms with E-state index in [0.717, 1.165) is 11.3 Å². The lowest BCUT2D eigenvalue weighted by molar-refractivity contribution is 0.373. The molecule has 18 heavy (non-hydrogen) atoms. The number of hydrogen-bond donors (Lipinski definition) is 2. The van der Waals surface area contributed by atoms with Crippen LogP contribution >= 0.6 is 11.6 Å². The number of phenolic OH excluding ortho intramolecular Hbond substituents is 1. The van der Waals surface area contributed by atoms with Gasteiger partial charge in [-0.3, -0.25) is 0 Å². The van der Waals surface area contributed by atoms with E-state index in [9.17, 15) is 5.11 Å². The normalized spacial score (nSPS) is 10.1. The minimum absolute atomic E-state index is 0.129. The summed E-state index contributed by atoms with van der Waals surface area (Å²) in [5, 5.41) is 13.3. The molecular weight excluding hydrogens is 252 g/mol. The number of halogens is 1. The van der Waals surface area contributed by atoms with Gasteiger partial charge in [0.15, 0.2) is 11.5 Å². The first kappa shape index (κ1) is 12.5. The van der Waals surface area contributed by atoms with Crippen LogP contribution in [0.4, 0.5) is 5.69 Å². The molecule has 5 heteroatoms. The summed E-state index contributed by atoms with van der Waals surface area (Å²) in [6.45, 7) is 0.581. The molecule has 0 fully saturated rings. The van der Waals surface area contributed by atoms with E-state index in [1.807, 2.05) is 12.1 Å². The van der Waals surface area contributed by atoms with Gasteiger partial charge in [-0.2, -0.15) is 0 Å². The standard InChI is InChI=1S/C13H13ClN2O2/c1-18-12-3-2-9(6-11(12)17)8-16-10-4-5-15-13(14)7-10/h2-7,17H,8H2,1H3,(H,15,16). The third-order valence-corrected chi connectivity index (χ3v) is 2.67. The summed E-state index contributed by atoms with van der Waals surface area (Å²) in [6.07, 6.45) is 1.64. The molecule has 2 aromatic rings. The lowest BCUT2D eigenvalue weighted by Gasteiger charge is -2.08. The number of rotatable bonds is 4. The second-order valence-corrected chi connectivity index (χ2v) is 4.11. The Morgan fingerprint density at radius 1 is 1.33 bits per heavy atom. The quantitative estimate of drug-likeness (QED) is 0.834. The van der Waals surface area contributed by atoms with Gasteiger partial charge >= 0.3 is 0 Å². The molecule has 4 nitrogen and oxygen atoms in total. The van der Waals surface area contributed by atoms with Crippen molar-refractivity contribution in [3.63, 3.8) is 0 Å². The molecule has 94 valence electrons. The molecule has 1 aromatic heterocycles. The summed E-state index contributed by atoms with van der Waals surface area (Å²) in [7, 11) is 1.52. The minimum Gasteiger partial charge on any atom is -0.504 e. The Morgan fingerprint density at radius 2 is 2.17 bits per heavy atom. The van der Waals surface area contributed by atoms with E-state index in [0.29, 0.717) is 17.4 Å². The van der Waals surface area contributed by atoms with Crippen molar-refractivity contribution < 1.29 is 9.84 Å². The van der Waals surface area contributed by atoms with Gasteiger partial charge in [0.1, 0.15) is 5.15 Å². The molecule has 0 unspecified atom stereocenters. The Labute approximate surface area is 110 Å². The monoisotopic (exact) mass is 264 g/mol. The average Bonchev–Trinajstić information content (AvgIpc) is 2.37. The van der Waals surface area contributed by atoms with Gasteiger partial charge in [0.25, 0.3) is 0 Å². The van der Waals surface area contributed by atoms with E-state index < -0.39 is 0 Å². The molecule has 1 aromatic carbocycles. The van der Waals surface area contributed by atoms with Crippen LogP contribution in [-0.2, 0) is 6.54 Å². The lowest BCUT2D eigenvalue weighted by atomic mass is 10.2. The molecule has 0 amide bonds. The van der Waals surface area contributed by atoms with E-state index >= 15 is 0 Å². The maximum absolute atomic E-state index is 9.65. The van der Waals surface area contributed by atoms with Crippen LogP contribution in [0, 0.1) is 0 Å². The van der Waals surface area contributed by atoms with Crippen molar-refractivity contribution in [1.82, 2.24) is 4.98 Å². The second kappa shape index (κ2) is 5.60. The van der Waals surface area contributed by atoms with Gasteiger partial charge in [-0.05, 0) is 29.8 Å². The van der Waals surface area contributed by atoms with Gasteiger partial charge in [-0.15, -0.1) is 0 Å². The Morgan fingerprint density at radius 3 is 2.83 bits per heavy atom. The molecule has 0 bridgehead atoms. The molecule has 0 saturated carbocycles. The molecule has 0 aliphatic heterocycles. The molecule has 0 aliphatic rings. The summed E-state index contributed by atoms with van der Waals surface area (Å²) in [6, 6.07) is 8.84. The molecular formula is C13H13ClN2O2. The number of pyridine rings is 1. The number of hydrogen-bond acceptors (Lipinski definition) is 4. The van der Waals surface area contributed by atoms with E-state index in [1.54, 1.807) is 24.4 Å². The van der Waals surface area contributed by atoms with Crippen LogP contribution in [0.15, 0.2) is 36.5 Å². The van der Waals surface area contributed by atoms with Gasteiger partial charge in [0.05, 0.1) is 7.11 Å². The Bertz CT molecular complexity index is 546. The topological polar surface area (TPSA) is 54.4 Å². The van der Waals surface area contributed by atoms with Crippen molar-refractivity contribution in [2.24, 2.45) is 0 Å². The number of aromatic nitrogens is 1. The van der Waals surface area contributed by atoms with Crippen LogP contribution in [-0.4, -0.2) is 17.2 Å². The van der Waals surface area contributed by atoms with Crippen LogP contribution in [0.25, 0.3) is 0 Å². The van der Waals surface area contributed by atoms with Gasteiger partial charge in [-0.25, -0.2) is 4.98 Å². The number of nitrogens with one attached hydrogen (secondary N) is 1. The summed E-state index contributed by atoms with van der Waals surface area (Å²) in [5.74, 6) is 0.593. The zero-order chi connectivity index (χ0) is 13.0. The first-order valence-corrected chi connectivity index (χ1v) is 5.78. The highest BCUT2D eigenvalue weighted by Gasteiger charge is 2.02. The maximum atomic E-state index is 9.65. The van der Waals surface area contributed by atoms with Crippen LogP contribution < -0.4 is 10.1 Å². The number of nitrogens with zero attached hydrogens (tertiary/aromatic N) is 1. The minimum atomic E-state index is 0.129. The van der Waals surface area contributed by atoms with E-state index in [-0.39, 0.29) is 5.75 Å². The highest BCUT2D eigenvalue weighted by Crippen LogP contribution is 2.26. The molecule has 0 saturated heterocycles. The van der Waals surface area contributed by atoms with Crippen molar-refractivity contribution in [2.75, 3.05) is 12.4 Å². The largest absolute Gasteiger partial charge is 0.504 e. The van der Waals surface area contributed by atoms with Crippen LogP contribution in [0.2, 0.25) is 5.15 Å². The fraction of sp³-hybridized carbons (Fsp3) is 0.154. The van der Waals surface area contributed by atoms with E-state index in [1.165, 1.54) is 7.11 Å². The Balaban J connectivity index is 2.04. The second-order valence-electron chi connectivity index (χ2n) is 3.73. The van der Waals surface area contributed by atoms with Crippen LogP contribution in [0.5, 0.6) is 11.5 Å². The molecule has 0 spiro atoms. The number of benzene rings is 1. The zero-order valence-electron chi connectivity index (χ0n) is 9.85. The molecule has 0 atom stereocenters. The highest BCUT2D eigenvalue weighted by molar-refractivity contribution is 6.29. The molecule has 1 heterocycles. The fourth-order valence-corrected chi connectivity index (χ4v) is 1.74. The number of ether oxygens (including phenoxy) is 1. The van der Waals surface area contributed by atoms with Gasteiger partial charge < -0.3 is 15.2 Å². The predicted octanol–water partition coefficient (Wildman–Crippen LogP) is 3.06. The molecule has 2 N–H and O–H groups in total. The number of phenols is 1. The van der Waals surface area contributed by atoms with Crippen LogP contribution in [0.1, 0.15) is 5.56 Å². The summed E-state index contributed by atoms with van der Waals surface area (Å²) < 4.78 is 4.98. The Hall–Kier alpha value is -1.94. The van der Waals surface area contributed by atoms with Crippen molar-refractivity contribution in [3.05, 3.63) is 47.2 Å². The van der Waals surface area contributed by atoms with Crippen molar-refractivity contribution in [3.8, 4) is 11.5 Å². The van der Waals surface area contributed by atoms with Crippen molar-refractivity contribution in [2.45, 2.75) is 6.54 Å². The third kappa shape index (κ3) is 3.05. The predicted molar refractivity (Wildman–Crippen MR) is 71.2 cm³/mol. The van der Waals surface area contributed by atoms with E-state index in [2.05, 4.69) is 10.3 Å². The molecule has 2 rings (SSSR count). The van der Waals surface area contributed by atoms with Gasteiger partial charge in [0, 0.05) is 18.4 Å².